The molecule has 1 aromatic carbocycles. The smallest absolute Gasteiger partial charge is 0.213 e. The van der Waals surface area contributed by atoms with Crippen LogP contribution < -0.4 is 10.1 Å². The van der Waals surface area contributed by atoms with Gasteiger partial charge in [0, 0.05) is 25.0 Å². The number of anilines is 1. The van der Waals surface area contributed by atoms with Crippen molar-refractivity contribution in [2.24, 2.45) is 0 Å². The second-order valence-corrected chi connectivity index (χ2v) is 6.01. The molecule has 0 saturated heterocycles. The SMILES string of the molecule is CNc1ccc(/C=C/c2ccc(OCCOCCOCCOCC[18F])nc2)cc1. The fourth-order valence-corrected chi connectivity index (χ4v) is 2.33. The minimum Gasteiger partial charge on any atom is -0.475 e. The number of nitrogens with zero attached hydrogens (tertiary/aromatic N) is 1. The van der Waals surface area contributed by atoms with E-state index in [2.05, 4.69) is 22.4 Å². The maximum Gasteiger partial charge on any atom is 0.213 e. The topological polar surface area (TPSA) is 61.8 Å². The number of nitrogens with one attached hydrogen (secondary N) is 1. The Morgan fingerprint density at radius 2 is 1.38 bits per heavy atom. The highest BCUT2D eigenvalue weighted by atomic mass is 18.2. The lowest BCUT2D eigenvalue weighted by molar-refractivity contribution is 0.00728. The zero-order valence-electron chi connectivity index (χ0n) is 16.8. The highest BCUT2D eigenvalue weighted by Crippen LogP contribution is 2.13. The Hall–Kier alpha value is -2.48. The largest absolute Gasteiger partial charge is 0.475 e. The molecule has 1 N–H and O–H groups in total. The Bertz CT molecular complexity index is 693. The molecule has 0 amide bonds. The van der Waals surface area contributed by atoms with E-state index in [1.807, 2.05) is 43.5 Å². The van der Waals surface area contributed by atoms with E-state index < -0.39 is 6.67 Å². The molecule has 29 heavy (non-hydrogen) atoms. The van der Waals surface area contributed by atoms with Crippen molar-refractivity contribution in [2.75, 3.05) is 65.3 Å². The van der Waals surface area contributed by atoms with Gasteiger partial charge in [-0.3, -0.25) is 0 Å². The van der Waals surface area contributed by atoms with Crippen LogP contribution in [0.4, 0.5) is 10.1 Å². The quantitative estimate of drug-likeness (QED) is 0.458. The fourth-order valence-electron chi connectivity index (χ4n) is 2.33. The van der Waals surface area contributed by atoms with Crippen molar-refractivity contribution in [2.45, 2.75) is 0 Å². The molecule has 0 radical (unpaired) electrons. The molecule has 0 atom stereocenters. The molecule has 2 aromatic rings. The van der Waals surface area contributed by atoms with E-state index in [0.29, 0.717) is 45.5 Å². The molecule has 158 valence electrons. The van der Waals surface area contributed by atoms with Gasteiger partial charge in [0.2, 0.25) is 5.88 Å². The molecular weight excluding hydrogens is 374 g/mol. The number of hydrogen-bond acceptors (Lipinski definition) is 6. The maximum absolute atomic E-state index is 11.8. The van der Waals surface area contributed by atoms with E-state index in [1.165, 1.54) is 0 Å². The average Bonchev–Trinajstić information content (AvgIpc) is 2.77. The Morgan fingerprint density at radius 3 is 1.97 bits per heavy atom. The van der Waals surface area contributed by atoms with Crippen LogP contribution in [0.2, 0.25) is 0 Å². The third-order valence-corrected chi connectivity index (χ3v) is 3.87. The van der Waals surface area contributed by atoms with Gasteiger partial charge in [0.05, 0.1) is 39.6 Å². The van der Waals surface area contributed by atoms with Crippen LogP contribution in [0.15, 0.2) is 42.6 Å². The Labute approximate surface area is 171 Å². The summed E-state index contributed by atoms with van der Waals surface area (Å²) in [5, 5.41) is 3.10. The molecule has 0 aliphatic heterocycles. The van der Waals surface area contributed by atoms with E-state index in [0.717, 1.165) is 16.8 Å². The summed E-state index contributed by atoms with van der Waals surface area (Å²) in [5.74, 6) is 0.561. The summed E-state index contributed by atoms with van der Waals surface area (Å²) in [6.07, 6.45) is 5.82. The third-order valence-electron chi connectivity index (χ3n) is 3.87. The summed E-state index contributed by atoms with van der Waals surface area (Å²) in [4.78, 5) is 4.30. The molecule has 6 nitrogen and oxygen atoms in total. The zero-order valence-corrected chi connectivity index (χ0v) is 16.8. The highest BCUT2D eigenvalue weighted by Gasteiger charge is 1.97. The normalized spacial score (nSPS) is 11.1. The first-order valence-electron chi connectivity index (χ1n) is 9.66. The number of rotatable bonds is 15. The maximum atomic E-state index is 11.8. The molecular formula is C22H29FN2O4. The summed E-state index contributed by atoms with van der Waals surface area (Å²) in [5.41, 5.74) is 3.21. The first-order chi connectivity index (χ1) is 14.3. The van der Waals surface area contributed by atoms with Crippen LogP contribution in [0.5, 0.6) is 5.88 Å². The molecule has 0 bridgehead atoms. The van der Waals surface area contributed by atoms with Gasteiger partial charge in [-0.1, -0.05) is 24.3 Å². The number of hydrogen-bond donors (Lipinski definition) is 1. The molecule has 0 aliphatic carbocycles. The van der Waals surface area contributed by atoms with Crippen LogP contribution in [0, 0.1) is 0 Å². The highest BCUT2D eigenvalue weighted by molar-refractivity contribution is 5.70. The number of alkyl halides is 1. The van der Waals surface area contributed by atoms with Crippen LogP contribution in [0.3, 0.4) is 0 Å². The lowest BCUT2D eigenvalue weighted by Crippen LogP contribution is -2.13. The standard InChI is InChI=1S/C22H29FN2O4/c1-24-21-7-4-19(5-8-21)2-3-20-6-9-22(25-18-20)29-17-16-28-15-14-27-13-12-26-11-10-23/h2-9,18,24H,10-17H2,1H3/b3-2+/i23-1. The van der Waals surface area contributed by atoms with Gasteiger partial charge in [-0.15, -0.1) is 0 Å². The van der Waals surface area contributed by atoms with Gasteiger partial charge >= 0.3 is 0 Å². The van der Waals surface area contributed by atoms with Crippen LogP contribution in [0.1, 0.15) is 11.1 Å². The van der Waals surface area contributed by atoms with Gasteiger partial charge in [0.1, 0.15) is 13.3 Å². The van der Waals surface area contributed by atoms with Gasteiger partial charge < -0.3 is 24.3 Å². The number of ether oxygens (including phenoxy) is 4. The van der Waals surface area contributed by atoms with Crippen LogP contribution >= 0.6 is 0 Å². The van der Waals surface area contributed by atoms with E-state index >= 15 is 0 Å². The summed E-state index contributed by atoms with van der Waals surface area (Å²) >= 11 is 0. The van der Waals surface area contributed by atoms with Gasteiger partial charge in [0.15, 0.2) is 0 Å². The number of benzene rings is 1. The second-order valence-electron chi connectivity index (χ2n) is 6.01. The Morgan fingerprint density at radius 1 is 0.793 bits per heavy atom. The van der Waals surface area contributed by atoms with Gasteiger partial charge in [-0.25, -0.2) is 9.37 Å². The first kappa shape index (κ1) is 22.8. The van der Waals surface area contributed by atoms with Crippen molar-refractivity contribution < 1.29 is 23.3 Å². The summed E-state index contributed by atoms with van der Waals surface area (Å²) < 4.78 is 33.0. The minimum absolute atomic E-state index is 0.118. The van der Waals surface area contributed by atoms with E-state index in [9.17, 15) is 4.39 Å². The van der Waals surface area contributed by atoms with E-state index in [1.54, 1.807) is 6.20 Å². The summed E-state index contributed by atoms with van der Waals surface area (Å²) in [6, 6.07) is 12.0. The van der Waals surface area contributed by atoms with Crippen molar-refractivity contribution >= 4 is 17.8 Å². The van der Waals surface area contributed by atoms with Crippen LogP contribution in [-0.2, 0) is 14.2 Å². The van der Waals surface area contributed by atoms with Crippen LogP contribution in [0.25, 0.3) is 12.2 Å². The minimum atomic E-state index is -0.469. The van der Waals surface area contributed by atoms with Crippen molar-refractivity contribution in [1.82, 2.24) is 4.98 Å². The van der Waals surface area contributed by atoms with E-state index in [4.69, 9.17) is 18.9 Å². The molecule has 0 saturated carbocycles. The third kappa shape index (κ3) is 10.0. The van der Waals surface area contributed by atoms with Crippen molar-refractivity contribution in [3.05, 3.63) is 53.7 Å². The predicted molar refractivity (Wildman–Crippen MR) is 113 cm³/mol. The Balaban J connectivity index is 1.56. The predicted octanol–water partition coefficient (Wildman–Crippen LogP) is 3.69. The molecule has 1 heterocycles. The van der Waals surface area contributed by atoms with Crippen molar-refractivity contribution in [1.29, 1.82) is 0 Å². The summed E-state index contributed by atoms with van der Waals surface area (Å²) in [6.45, 7) is 2.29. The van der Waals surface area contributed by atoms with Crippen molar-refractivity contribution in [3.8, 4) is 5.88 Å². The second kappa shape index (κ2) is 14.5. The monoisotopic (exact) mass is 403 g/mol. The molecule has 0 aliphatic rings. The van der Waals surface area contributed by atoms with Gasteiger partial charge in [-0.05, 0) is 29.3 Å². The molecule has 2 rings (SSSR count). The van der Waals surface area contributed by atoms with Crippen LogP contribution in [-0.4, -0.2) is 65.0 Å². The fraction of sp³-hybridized carbons (Fsp3) is 0.409. The number of pyridine rings is 1. The molecule has 1 aromatic heterocycles. The number of aromatic nitrogens is 1. The molecule has 7 heteroatoms. The lowest BCUT2D eigenvalue weighted by atomic mass is 10.1. The zero-order chi connectivity index (χ0) is 20.6. The molecule has 0 unspecified atom stereocenters. The summed E-state index contributed by atoms with van der Waals surface area (Å²) in [7, 11) is 1.90. The molecule has 0 spiro atoms. The molecule has 0 fully saturated rings. The van der Waals surface area contributed by atoms with E-state index in [-0.39, 0.29) is 6.61 Å². The van der Waals surface area contributed by atoms with Gasteiger partial charge in [0.25, 0.3) is 0 Å². The van der Waals surface area contributed by atoms with Gasteiger partial charge in [-0.2, -0.15) is 0 Å². The average molecular weight is 403 g/mol. The Kier molecular flexibility index (Phi) is 11.4. The number of halogens is 1. The first-order valence-corrected chi connectivity index (χ1v) is 9.66. The van der Waals surface area contributed by atoms with Crippen molar-refractivity contribution in [3.63, 3.8) is 0 Å². The lowest BCUT2D eigenvalue weighted by Gasteiger charge is -2.07.